The number of rotatable bonds is 6. The van der Waals surface area contributed by atoms with Gasteiger partial charge in [0.15, 0.2) is 0 Å². The topological polar surface area (TPSA) is 91.4 Å². The van der Waals surface area contributed by atoms with Crippen molar-refractivity contribution in [2.75, 3.05) is 13.1 Å². The van der Waals surface area contributed by atoms with Crippen LogP contribution >= 0.6 is 0 Å². The second-order valence-corrected chi connectivity index (χ2v) is 6.03. The summed E-state index contributed by atoms with van der Waals surface area (Å²) in [5.74, 6) is 1.80. The lowest BCUT2D eigenvalue weighted by molar-refractivity contribution is -0.119. The van der Waals surface area contributed by atoms with Gasteiger partial charge in [-0.25, -0.2) is 0 Å². The number of likely N-dealkylation sites (tertiary alicyclic amines) is 1. The Bertz CT molecular complexity index is 781. The Hall–Kier alpha value is -2.85. The summed E-state index contributed by atoms with van der Waals surface area (Å²) in [6.45, 7) is 4.25. The molecule has 2 aromatic rings. The van der Waals surface area contributed by atoms with Gasteiger partial charge < -0.3 is 14.5 Å². The zero-order valence-corrected chi connectivity index (χ0v) is 14.1. The van der Waals surface area contributed by atoms with E-state index in [1.165, 1.54) is 6.92 Å². The lowest BCUT2D eigenvalue weighted by Crippen LogP contribution is -2.24. The number of ether oxygens (including phenoxy) is 1. The van der Waals surface area contributed by atoms with Gasteiger partial charge in [0, 0.05) is 32.3 Å². The molecule has 1 atom stereocenters. The van der Waals surface area contributed by atoms with Gasteiger partial charge in [-0.05, 0) is 24.6 Å². The van der Waals surface area contributed by atoms with E-state index >= 15 is 0 Å². The fourth-order valence-corrected chi connectivity index (χ4v) is 2.81. The van der Waals surface area contributed by atoms with Gasteiger partial charge in [0.25, 0.3) is 0 Å². The Morgan fingerprint density at radius 2 is 2.40 bits per heavy atom. The van der Waals surface area contributed by atoms with Crippen molar-refractivity contribution in [3.8, 4) is 11.8 Å². The number of nitrogens with zero attached hydrogens (tertiary/aromatic N) is 3. The van der Waals surface area contributed by atoms with E-state index in [-0.39, 0.29) is 12.0 Å². The first-order valence-corrected chi connectivity index (χ1v) is 8.19. The van der Waals surface area contributed by atoms with Crippen molar-refractivity contribution < 1.29 is 13.9 Å². The molecule has 1 fully saturated rings. The fraction of sp³-hybridized carbons (Fsp3) is 0.389. The summed E-state index contributed by atoms with van der Waals surface area (Å²) < 4.78 is 11.5. The van der Waals surface area contributed by atoms with Crippen molar-refractivity contribution >= 4 is 5.91 Å². The normalized spacial score (nSPS) is 17.2. The van der Waals surface area contributed by atoms with Crippen LogP contribution < -0.4 is 10.1 Å². The highest BCUT2D eigenvalue weighted by atomic mass is 16.5. The molecule has 0 saturated carbocycles. The van der Waals surface area contributed by atoms with Crippen molar-refractivity contribution in [2.45, 2.75) is 32.5 Å². The van der Waals surface area contributed by atoms with Crippen LogP contribution in [0.5, 0.6) is 5.75 Å². The molecule has 1 amide bonds. The van der Waals surface area contributed by atoms with Gasteiger partial charge in [-0.3, -0.25) is 14.7 Å². The number of nitrogens with one attached hydrogen (secondary N) is 1. The molecule has 7 nitrogen and oxygen atoms in total. The Kier molecular flexibility index (Phi) is 5.31. The number of carbonyl (C=O) groups is 1. The van der Waals surface area contributed by atoms with Gasteiger partial charge in [-0.2, -0.15) is 5.26 Å². The quantitative estimate of drug-likeness (QED) is 0.863. The molecule has 0 bridgehead atoms. The molecular weight excluding hydrogens is 320 g/mol. The number of amides is 1. The third-order valence-electron chi connectivity index (χ3n) is 3.99. The van der Waals surface area contributed by atoms with Crippen molar-refractivity contribution in [3.05, 3.63) is 47.7 Å². The standard InChI is InChI=1S/C18H20N4O3/c1-13(23)21-10-14-8-15(4-6-20-14)24-18-5-7-22(12-18)11-17-3-2-16(9-19)25-17/h2-4,6,8,18H,5,7,10-12H2,1H3,(H,21,23). The molecular formula is C18H20N4O3. The minimum atomic E-state index is -0.0861. The average Bonchev–Trinajstić information content (AvgIpc) is 3.23. The molecule has 1 N–H and O–H groups in total. The van der Waals surface area contributed by atoms with Gasteiger partial charge in [0.05, 0.1) is 18.8 Å². The number of hydrogen-bond donors (Lipinski definition) is 1. The summed E-state index contributed by atoms with van der Waals surface area (Å²) in [5, 5.41) is 11.5. The van der Waals surface area contributed by atoms with Gasteiger partial charge in [0.2, 0.25) is 11.7 Å². The minimum Gasteiger partial charge on any atom is -0.489 e. The molecule has 0 aromatic carbocycles. The predicted molar refractivity (Wildman–Crippen MR) is 89.5 cm³/mol. The summed E-state index contributed by atoms with van der Waals surface area (Å²) in [5.41, 5.74) is 0.766. The smallest absolute Gasteiger partial charge is 0.217 e. The molecule has 2 aromatic heterocycles. The summed E-state index contributed by atoms with van der Waals surface area (Å²) in [7, 11) is 0. The third kappa shape index (κ3) is 4.81. The van der Waals surface area contributed by atoms with E-state index in [1.54, 1.807) is 12.3 Å². The van der Waals surface area contributed by atoms with Crippen molar-refractivity contribution in [1.82, 2.24) is 15.2 Å². The van der Waals surface area contributed by atoms with Gasteiger partial charge in [0.1, 0.15) is 23.7 Å². The van der Waals surface area contributed by atoms with Crippen LogP contribution in [0.15, 0.2) is 34.9 Å². The van der Waals surface area contributed by atoms with Crippen LogP contribution in [0.3, 0.4) is 0 Å². The largest absolute Gasteiger partial charge is 0.489 e. The van der Waals surface area contributed by atoms with Crippen molar-refractivity contribution in [1.29, 1.82) is 5.26 Å². The lowest BCUT2D eigenvalue weighted by Gasteiger charge is -2.16. The molecule has 25 heavy (non-hydrogen) atoms. The van der Waals surface area contributed by atoms with Crippen LogP contribution in [0.4, 0.5) is 0 Å². The number of hydrogen-bond acceptors (Lipinski definition) is 6. The Balaban J connectivity index is 1.51. The second-order valence-electron chi connectivity index (χ2n) is 6.03. The first-order valence-electron chi connectivity index (χ1n) is 8.19. The van der Waals surface area contributed by atoms with Crippen LogP contribution in [0.2, 0.25) is 0 Å². The van der Waals surface area contributed by atoms with E-state index in [9.17, 15) is 4.79 Å². The highest BCUT2D eigenvalue weighted by molar-refractivity contribution is 5.72. The van der Waals surface area contributed by atoms with Gasteiger partial charge in [-0.15, -0.1) is 0 Å². The van der Waals surface area contributed by atoms with Crippen LogP contribution in [-0.2, 0) is 17.9 Å². The maximum absolute atomic E-state index is 11.0. The maximum Gasteiger partial charge on any atom is 0.217 e. The molecule has 7 heteroatoms. The molecule has 0 spiro atoms. The van der Waals surface area contributed by atoms with Crippen molar-refractivity contribution in [2.24, 2.45) is 0 Å². The predicted octanol–water partition coefficient (Wildman–Crippen LogP) is 1.84. The molecule has 0 radical (unpaired) electrons. The first-order chi connectivity index (χ1) is 12.1. The highest BCUT2D eigenvalue weighted by Gasteiger charge is 2.25. The second kappa shape index (κ2) is 7.81. The van der Waals surface area contributed by atoms with E-state index < -0.39 is 0 Å². The average molecular weight is 340 g/mol. The van der Waals surface area contributed by atoms with Crippen LogP contribution in [0.25, 0.3) is 0 Å². The number of furan rings is 1. The Labute approximate surface area is 146 Å². The van der Waals surface area contributed by atoms with Crippen LogP contribution in [0, 0.1) is 11.3 Å². The summed E-state index contributed by atoms with van der Waals surface area (Å²) in [4.78, 5) is 17.4. The summed E-state index contributed by atoms with van der Waals surface area (Å²) in [6.07, 6.45) is 2.71. The van der Waals surface area contributed by atoms with Crippen LogP contribution in [0.1, 0.15) is 30.6 Å². The molecule has 1 aliphatic heterocycles. The molecule has 130 valence electrons. The van der Waals surface area contributed by atoms with Gasteiger partial charge >= 0.3 is 0 Å². The van der Waals surface area contributed by atoms with Crippen molar-refractivity contribution in [3.63, 3.8) is 0 Å². The molecule has 1 unspecified atom stereocenters. The number of carbonyl (C=O) groups excluding carboxylic acids is 1. The third-order valence-corrected chi connectivity index (χ3v) is 3.99. The maximum atomic E-state index is 11.0. The zero-order valence-electron chi connectivity index (χ0n) is 14.1. The lowest BCUT2D eigenvalue weighted by atomic mass is 10.3. The Morgan fingerprint density at radius 3 is 3.16 bits per heavy atom. The van der Waals surface area contributed by atoms with E-state index in [0.29, 0.717) is 18.8 Å². The van der Waals surface area contributed by atoms with Crippen LogP contribution in [-0.4, -0.2) is 35.0 Å². The van der Waals surface area contributed by atoms with E-state index in [1.807, 2.05) is 24.3 Å². The van der Waals surface area contributed by atoms with Gasteiger partial charge in [-0.1, -0.05) is 0 Å². The minimum absolute atomic E-state index is 0.0861. The van der Waals surface area contributed by atoms with E-state index in [0.717, 1.165) is 36.7 Å². The summed E-state index contributed by atoms with van der Waals surface area (Å²) in [6, 6.07) is 9.20. The molecule has 1 aliphatic rings. The first kappa shape index (κ1) is 17.0. The molecule has 3 heterocycles. The molecule has 1 saturated heterocycles. The number of pyridine rings is 1. The zero-order chi connectivity index (χ0) is 17.6. The highest BCUT2D eigenvalue weighted by Crippen LogP contribution is 2.21. The molecule has 0 aliphatic carbocycles. The van der Waals surface area contributed by atoms with E-state index in [4.69, 9.17) is 14.4 Å². The SMILES string of the molecule is CC(=O)NCc1cc(OC2CCN(Cc3ccc(C#N)o3)C2)ccn1. The Morgan fingerprint density at radius 1 is 1.52 bits per heavy atom. The summed E-state index contributed by atoms with van der Waals surface area (Å²) >= 11 is 0. The fourth-order valence-electron chi connectivity index (χ4n) is 2.81. The van der Waals surface area contributed by atoms with E-state index in [2.05, 4.69) is 15.2 Å². The monoisotopic (exact) mass is 340 g/mol. The number of nitriles is 1. The number of aromatic nitrogens is 1. The molecule has 3 rings (SSSR count).